The molecule has 2 aromatic rings. The predicted molar refractivity (Wildman–Crippen MR) is 72.6 cm³/mol. The molecule has 1 fully saturated rings. The zero-order chi connectivity index (χ0) is 15.9. The Bertz CT molecular complexity index is 708. The van der Waals surface area contributed by atoms with Gasteiger partial charge in [0, 0.05) is 0 Å². The van der Waals surface area contributed by atoms with Gasteiger partial charge in [-0.1, -0.05) is 6.08 Å². The van der Waals surface area contributed by atoms with E-state index in [-0.39, 0.29) is 17.0 Å². The fourth-order valence-electron chi connectivity index (χ4n) is 2.71. The second-order valence-corrected chi connectivity index (χ2v) is 5.11. The van der Waals surface area contributed by atoms with Crippen LogP contribution in [0.2, 0.25) is 0 Å². The van der Waals surface area contributed by atoms with Crippen molar-refractivity contribution in [2.75, 3.05) is 13.3 Å². The van der Waals surface area contributed by atoms with E-state index in [4.69, 9.17) is 4.74 Å². The number of nitrogens with zero attached hydrogens (tertiary/aromatic N) is 4. The smallest absolute Gasteiger partial charge is 0.242 e. The van der Waals surface area contributed by atoms with Crippen molar-refractivity contribution in [3.05, 3.63) is 25.3 Å². The average molecular weight is 310 g/mol. The lowest BCUT2D eigenvalue weighted by atomic mass is 9.91. The molecule has 118 valence electrons. The Labute approximate surface area is 124 Å². The summed E-state index contributed by atoms with van der Waals surface area (Å²) in [7, 11) is 0. The highest BCUT2D eigenvalue weighted by molar-refractivity contribution is 5.75. The van der Waals surface area contributed by atoms with E-state index < -0.39 is 37.1 Å². The van der Waals surface area contributed by atoms with Crippen LogP contribution in [-0.2, 0) is 4.74 Å². The van der Waals surface area contributed by atoms with E-state index in [1.807, 2.05) is 0 Å². The molecule has 0 spiro atoms. The van der Waals surface area contributed by atoms with Gasteiger partial charge in [0.2, 0.25) is 5.88 Å². The number of ether oxygens (including phenoxy) is 1. The summed E-state index contributed by atoms with van der Waals surface area (Å²) in [6.45, 7) is 2.12. The molecular formula is C13H15FN4O4. The first-order chi connectivity index (χ1) is 10.6. The molecule has 1 saturated heterocycles. The summed E-state index contributed by atoms with van der Waals surface area (Å²) in [6.07, 6.45) is 1.47. The van der Waals surface area contributed by atoms with Crippen LogP contribution < -0.4 is 0 Å². The third kappa shape index (κ3) is 1.90. The maximum atomic E-state index is 13.4. The minimum Gasteiger partial charge on any atom is -0.492 e. The number of hydrogen-bond donors (Lipinski definition) is 3. The standard InChI is InChI=1S/C13H15FN4O4/c1-2-13(4-19)9(20)7(3-14)12(22-13)18-6-17-8-10(18)15-5-16-11(8)21/h2,5-7,9,12,19-20H,1,3-4H2,(H,15,16,21)/t7-,9-,12+,13+/m0/s1. The van der Waals surface area contributed by atoms with Crippen LogP contribution in [0.4, 0.5) is 4.39 Å². The zero-order valence-electron chi connectivity index (χ0n) is 11.5. The predicted octanol–water partition coefficient (Wildman–Crippen LogP) is -0.0756. The lowest BCUT2D eigenvalue weighted by molar-refractivity contribution is -0.0959. The maximum Gasteiger partial charge on any atom is 0.242 e. The summed E-state index contributed by atoms with van der Waals surface area (Å²) in [6, 6.07) is 0. The highest BCUT2D eigenvalue weighted by Gasteiger charge is 2.53. The van der Waals surface area contributed by atoms with Gasteiger partial charge in [-0.25, -0.2) is 9.97 Å². The average Bonchev–Trinajstić information content (AvgIpc) is 3.07. The highest BCUT2D eigenvalue weighted by atomic mass is 19.1. The van der Waals surface area contributed by atoms with Crippen LogP contribution in [0, 0.1) is 5.92 Å². The molecule has 0 aliphatic carbocycles. The van der Waals surface area contributed by atoms with E-state index in [2.05, 4.69) is 21.5 Å². The van der Waals surface area contributed by atoms with Crippen LogP contribution in [0.5, 0.6) is 5.88 Å². The van der Waals surface area contributed by atoms with E-state index in [0.29, 0.717) is 0 Å². The normalized spacial score (nSPS) is 31.7. The number of aromatic nitrogens is 4. The molecule has 8 nitrogen and oxygen atoms in total. The minimum atomic E-state index is -1.47. The Morgan fingerprint density at radius 1 is 1.45 bits per heavy atom. The Kier molecular flexibility index (Phi) is 3.55. The molecule has 2 aromatic heterocycles. The van der Waals surface area contributed by atoms with E-state index in [1.54, 1.807) is 0 Å². The molecule has 0 radical (unpaired) electrons. The number of aromatic hydroxyl groups is 1. The Morgan fingerprint density at radius 2 is 2.23 bits per heavy atom. The van der Waals surface area contributed by atoms with E-state index in [9.17, 15) is 19.7 Å². The lowest BCUT2D eigenvalue weighted by Gasteiger charge is -2.26. The number of hydrogen-bond acceptors (Lipinski definition) is 7. The summed E-state index contributed by atoms with van der Waals surface area (Å²) in [5.74, 6) is -1.25. The van der Waals surface area contributed by atoms with Gasteiger partial charge in [-0.15, -0.1) is 6.58 Å². The van der Waals surface area contributed by atoms with E-state index >= 15 is 0 Å². The first-order valence-corrected chi connectivity index (χ1v) is 6.60. The quantitative estimate of drug-likeness (QED) is 0.677. The second kappa shape index (κ2) is 5.27. The fourth-order valence-corrected chi connectivity index (χ4v) is 2.71. The van der Waals surface area contributed by atoms with Gasteiger partial charge in [-0.05, 0) is 0 Å². The third-order valence-electron chi connectivity index (χ3n) is 4.00. The van der Waals surface area contributed by atoms with Crippen LogP contribution in [0.15, 0.2) is 25.3 Å². The van der Waals surface area contributed by atoms with Crippen molar-refractivity contribution in [1.82, 2.24) is 19.5 Å². The van der Waals surface area contributed by atoms with Gasteiger partial charge in [0.25, 0.3) is 0 Å². The van der Waals surface area contributed by atoms with Crippen LogP contribution >= 0.6 is 0 Å². The molecule has 9 heteroatoms. The van der Waals surface area contributed by atoms with Gasteiger partial charge in [0.05, 0.1) is 31.6 Å². The number of alkyl halides is 1. The monoisotopic (exact) mass is 310 g/mol. The molecule has 0 bridgehead atoms. The Hall–Kier alpha value is -2.10. The van der Waals surface area contributed by atoms with Gasteiger partial charge in [0.1, 0.15) is 18.2 Å². The Morgan fingerprint density at radius 3 is 2.86 bits per heavy atom. The number of aliphatic hydroxyl groups excluding tert-OH is 2. The van der Waals surface area contributed by atoms with Crippen molar-refractivity contribution >= 4 is 11.2 Å². The number of aliphatic hydroxyl groups is 2. The SMILES string of the molecule is C=C[C@]1(CO)O[C@@H](n2cnc3c(O)ncnc32)[C@@H](CF)[C@@H]1O. The number of halogens is 1. The Balaban J connectivity index is 2.10. The molecule has 0 saturated carbocycles. The molecule has 3 N–H and O–H groups in total. The van der Waals surface area contributed by atoms with Crippen LogP contribution in [-0.4, -0.2) is 59.8 Å². The fraction of sp³-hybridized carbons (Fsp3) is 0.462. The number of fused-ring (bicyclic) bond motifs is 1. The molecule has 3 heterocycles. The summed E-state index contributed by atoms with van der Waals surface area (Å²) in [4.78, 5) is 11.6. The first-order valence-electron chi connectivity index (χ1n) is 6.60. The van der Waals surface area contributed by atoms with Gasteiger partial charge in [-0.2, -0.15) is 4.98 Å². The summed E-state index contributed by atoms with van der Waals surface area (Å²) < 4.78 is 20.5. The van der Waals surface area contributed by atoms with Gasteiger partial charge >= 0.3 is 0 Å². The van der Waals surface area contributed by atoms with Crippen molar-refractivity contribution in [2.24, 2.45) is 5.92 Å². The van der Waals surface area contributed by atoms with E-state index in [1.165, 1.54) is 17.0 Å². The van der Waals surface area contributed by atoms with E-state index in [0.717, 1.165) is 6.33 Å². The topological polar surface area (TPSA) is 114 Å². The summed E-state index contributed by atoms with van der Waals surface area (Å²) in [5, 5.41) is 29.4. The first kappa shape index (κ1) is 14.8. The van der Waals surface area contributed by atoms with Crippen molar-refractivity contribution in [3.8, 4) is 5.88 Å². The molecule has 3 rings (SSSR count). The maximum absolute atomic E-state index is 13.4. The number of rotatable bonds is 4. The highest BCUT2D eigenvalue weighted by Crippen LogP contribution is 2.43. The molecule has 0 aromatic carbocycles. The third-order valence-corrected chi connectivity index (χ3v) is 4.00. The van der Waals surface area contributed by atoms with Gasteiger partial charge in [-0.3, -0.25) is 8.96 Å². The van der Waals surface area contributed by atoms with Crippen LogP contribution in [0.25, 0.3) is 11.2 Å². The molecule has 1 aliphatic rings. The largest absolute Gasteiger partial charge is 0.492 e. The molecule has 0 unspecified atom stereocenters. The lowest BCUT2D eigenvalue weighted by Crippen LogP contribution is -2.43. The molecular weight excluding hydrogens is 295 g/mol. The van der Waals surface area contributed by atoms with Crippen molar-refractivity contribution in [1.29, 1.82) is 0 Å². The summed E-state index contributed by atoms with van der Waals surface area (Å²) in [5.41, 5.74) is -1.09. The molecule has 0 amide bonds. The van der Waals surface area contributed by atoms with Crippen molar-refractivity contribution in [2.45, 2.75) is 17.9 Å². The molecule has 4 atom stereocenters. The minimum absolute atomic E-state index is 0.137. The van der Waals surface area contributed by atoms with Crippen molar-refractivity contribution < 1.29 is 24.4 Å². The van der Waals surface area contributed by atoms with Gasteiger partial charge in [0.15, 0.2) is 11.2 Å². The van der Waals surface area contributed by atoms with Crippen LogP contribution in [0.3, 0.4) is 0 Å². The van der Waals surface area contributed by atoms with Crippen LogP contribution in [0.1, 0.15) is 6.23 Å². The van der Waals surface area contributed by atoms with Gasteiger partial charge < -0.3 is 20.1 Å². The zero-order valence-corrected chi connectivity index (χ0v) is 11.5. The number of imidazole rings is 1. The summed E-state index contributed by atoms with van der Waals surface area (Å²) >= 11 is 0. The molecule has 22 heavy (non-hydrogen) atoms. The molecule has 1 aliphatic heterocycles. The van der Waals surface area contributed by atoms with Crippen molar-refractivity contribution in [3.63, 3.8) is 0 Å². The second-order valence-electron chi connectivity index (χ2n) is 5.11.